The smallest absolute Gasteiger partial charge is 0.123 e. The number of fused-ring (bicyclic) bond motifs is 1. The molecule has 0 aliphatic heterocycles. The van der Waals surface area contributed by atoms with Crippen molar-refractivity contribution < 1.29 is 5.11 Å². The Bertz CT molecular complexity index is 777. The molecule has 0 saturated heterocycles. The Labute approximate surface area is 136 Å². The first-order chi connectivity index (χ1) is 11.2. The summed E-state index contributed by atoms with van der Waals surface area (Å²) < 4.78 is 2.09. The largest absolute Gasteiger partial charge is 0.394 e. The molecule has 2 aromatic carbocycles. The van der Waals surface area contributed by atoms with Crippen molar-refractivity contribution in [1.29, 1.82) is 0 Å². The lowest BCUT2D eigenvalue weighted by Crippen LogP contribution is -2.25. The fourth-order valence-electron chi connectivity index (χ4n) is 2.84. The molecule has 0 fully saturated rings. The van der Waals surface area contributed by atoms with Crippen molar-refractivity contribution in [3.05, 3.63) is 65.5 Å². The SMILES string of the molecule is CCc1ccc(C(CO)NCc2nc3ccccc3n2C)cc1. The summed E-state index contributed by atoms with van der Waals surface area (Å²) in [5, 5.41) is 13.1. The van der Waals surface area contributed by atoms with Crippen molar-refractivity contribution in [3.63, 3.8) is 0 Å². The minimum absolute atomic E-state index is 0.0649. The molecule has 0 aliphatic rings. The molecule has 1 aromatic heterocycles. The van der Waals surface area contributed by atoms with E-state index in [4.69, 9.17) is 0 Å². The second kappa shape index (κ2) is 6.94. The van der Waals surface area contributed by atoms with Crippen LogP contribution >= 0.6 is 0 Å². The van der Waals surface area contributed by atoms with Crippen LogP contribution in [0.3, 0.4) is 0 Å². The number of benzene rings is 2. The van der Waals surface area contributed by atoms with Crippen LogP contribution in [0, 0.1) is 0 Å². The van der Waals surface area contributed by atoms with Crippen molar-refractivity contribution in [2.45, 2.75) is 25.9 Å². The average molecular weight is 309 g/mol. The first-order valence-electron chi connectivity index (χ1n) is 8.06. The van der Waals surface area contributed by atoms with Gasteiger partial charge in [0.05, 0.1) is 30.2 Å². The van der Waals surface area contributed by atoms with Crippen LogP contribution < -0.4 is 5.32 Å². The number of hydrogen-bond donors (Lipinski definition) is 2. The minimum atomic E-state index is -0.0827. The molecule has 0 radical (unpaired) electrons. The lowest BCUT2D eigenvalue weighted by Gasteiger charge is -2.17. The van der Waals surface area contributed by atoms with E-state index in [2.05, 4.69) is 52.1 Å². The third-order valence-electron chi connectivity index (χ3n) is 4.36. The molecule has 3 rings (SSSR count). The van der Waals surface area contributed by atoms with Crippen LogP contribution in [0.25, 0.3) is 11.0 Å². The molecule has 0 bridgehead atoms. The lowest BCUT2D eigenvalue weighted by atomic mass is 10.0. The molecule has 0 spiro atoms. The van der Waals surface area contributed by atoms with Crippen LogP contribution in [-0.2, 0) is 20.0 Å². The quantitative estimate of drug-likeness (QED) is 0.736. The Balaban J connectivity index is 1.75. The van der Waals surface area contributed by atoms with Gasteiger partial charge in [0.25, 0.3) is 0 Å². The van der Waals surface area contributed by atoms with E-state index in [9.17, 15) is 5.11 Å². The van der Waals surface area contributed by atoms with E-state index in [1.54, 1.807) is 0 Å². The zero-order chi connectivity index (χ0) is 16.2. The van der Waals surface area contributed by atoms with Crippen molar-refractivity contribution in [2.24, 2.45) is 7.05 Å². The normalized spacial score (nSPS) is 12.7. The van der Waals surface area contributed by atoms with Gasteiger partial charge in [-0.15, -0.1) is 0 Å². The van der Waals surface area contributed by atoms with Gasteiger partial charge in [-0.2, -0.15) is 0 Å². The summed E-state index contributed by atoms with van der Waals surface area (Å²) in [5.74, 6) is 0.967. The van der Waals surface area contributed by atoms with Gasteiger partial charge in [0.1, 0.15) is 5.82 Å². The highest BCUT2D eigenvalue weighted by Crippen LogP contribution is 2.17. The third kappa shape index (κ3) is 3.28. The van der Waals surface area contributed by atoms with Crippen LogP contribution in [0.5, 0.6) is 0 Å². The van der Waals surface area contributed by atoms with Gasteiger partial charge in [0.2, 0.25) is 0 Å². The molecule has 1 atom stereocenters. The zero-order valence-electron chi connectivity index (χ0n) is 13.7. The van der Waals surface area contributed by atoms with Gasteiger partial charge in [0, 0.05) is 7.05 Å². The number of aryl methyl sites for hydroxylation is 2. The topological polar surface area (TPSA) is 50.1 Å². The Hall–Kier alpha value is -2.17. The average Bonchev–Trinajstić information content (AvgIpc) is 2.92. The molecular formula is C19H23N3O. The lowest BCUT2D eigenvalue weighted by molar-refractivity contribution is 0.242. The first-order valence-corrected chi connectivity index (χ1v) is 8.06. The summed E-state index contributed by atoms with van der Waals surface area (Å²) in [6.45, 7) is 2.82. The van der Waals surface area contributed by atoms with Gasteiger partial charge in [-0.1, -0.05) is 43.3 Å². The van der Waals surface area contributed by atoms with Gasteiger partial charge < -0.3 is 15.0 Å². The fourth-order valence-corrected chi connectivity index (χ4v) is 2.84. The van der Waals surface area contributed by atoms with Crippen molar-refractivity contribution in [1.82, 2.24) is 14.9 Å². The number of aliphatic hydroxyl groups excluding tert-OH is 1. The predicted molar refractivity (Wildman–Crippen MR) is 93.2 cm³/mol. The summed E-state index contributed by atoms with van der Waals surface area (Å²) in [6, 6.07) is 16.4. The van der Waals surface area contributed by atoms with E-state index >= 15 is 0 Å². The highest BCUT2D eigenvalue weighted by molar-refractivity contribution is 5.75. The molecule has 4 heteroatoms. The Morgan fingerprint density at radius 2 is 1.87 bits per heavy atom. The van der Waals surface area contributed by atoms with Gasteiger partial charge in [-0.25, -0.2) is 4.98 Å². The molecule has 23 heavy (non-hydrogen) atoms. The molecule has 3 aromatic rings. The monoisotopic (exact) mass is 309 g/mol. The molecule has 2 N–H and O–H groups in total. The van der Waals surface area contributed by atoms with E-state index in [0.29, 0.717) is 6.54 Å². The number of aromatic nitrogens is 2. The molecule has 1 unspecified atom stereocenters. The van der Waals surface area contributed by atoms with Crippen LogP contribution in [0.15, 0.2) is 48.5 Å². The maximum Gasteiger partial charge on any atom is 0.123 e. The summed E-state index contributed by atoms with van der Waals surface area (Å²) in [4.78, 5) is 4.66. The van der Waals surface area contributed by atoms with E-state index in [1.165, 1.54) is 5.56 Å². The number of para-hydroxylation sites is 2. The van der Waals surface area contributed by atoms with Crippen molar-refractivity contribution in [3.8, 4) is 0 Å². The molecule has 1 heterocycles. The second-order valence-corrected chi connectivity index (χ2v) is 5.79. The van der Waals surface area contributed by atoms with Gasteiger partial charge in [-0.05, 0) is 29.7 Å². The third-order valence-corrected chi connectivity index (χ3v) is 4.36. The minimum Gasteiger partial charge on any atom is -0.394 e. The highest BCUT2D eigenvalue weighted by Gasteiger charge is 2.12. The van der Waals surface area contributed by atoms with E-state index < -0.39 is 0 Å². The van der Waals surface area contributed by atoms with Crippen LogP contribution in [-0.4, -0.2) is 21.3 Å². The summed E-state index contributed by atoms with van der Waals surface area (Å²) in [5.41, 5.74) is 4.53. The summed E-state index contributed by atoms with van der Waals surface area (Å²) in [7, 11) is 2.02. The van der Waals surface area contributed by atoms with Gasteiger partial charge in [-0.3, -0.25) is 0 Å². The number of nitrogens with zero attached hydrogens (tertiary/aromatic N) is 2. The van der Waals surface area contributed by atoms with E-state index in [0.717, 1.165) is 28.8 Å². The number of aliphatic hydroxyl groups is 1. The van der Waals surface area contributed by atoms with E-state index in [1.807, 2.05) is 25.2 Å². The molecular weight excluding hydrogens is 286 g/mol. The fraction of sp³-hybridized carbons (Fsp3) is 0.316. The van der Waals surface area contributed by atoms with E-state index in [-0.39, 0.29) is 12.6 Å². The number of nitrogens with one attached hydrogen (secondary N) is 1. The summed E-state index contributed by atoms with van der Waals surface area (Å²) in [6.07, 6.45) is 1.03. The molecule has 0 amide bonds. The number of hydrogen-bond acceptors (Lipinski definition) is 3. The zero-order valence-corrected chi connectivity index (χ0v) is 13.7. The van der Waals surface area contributed by atoms with Gasteiger partial charge >= 0.3 is 0 Å². The number of rotatable bonds is 6. The summed E-state index contributed by atoms with van der Waals surface area (Å²) >= 11 is 0. The second-order valence-electron chi connectivity index (χ2n) is 5.79. The van der Waals surface area contributed by atoms with Crippen LogP contribution in [0.1, 0.15) is 29.9 Å². The number of imidazole rings is 1. The standard InChI is InChI=1S/C19H23N3O/c1-3-14-8-10-15(11-9-14)17(13-23)20-12-19-21-16-6-4-5-7-18(16)22(19)2/h4-11,17,20,23H,3,12-13H2,1-2H3. The maximum atomic E-state index is 9.70. The molecule has 4 nitrogen and oxygen atoms in total. The van der Waals surface area contributed by atoms with Crippen LogP contribution in [0.2, 0.25) is 0 Å². The molecule has 120 valence electrons. The highest BCUT2D eigenvalue weighted by atomic mass is 16.3. The van der Waals surface area contributed by atoms with Crippen molar-refractivity contribution in [2.75, 3.05) is 6.61 Å². The maximum absolute atomic E-state index is 9.70. The molecule has 0 saturated carbocycles. The van der Waals surface area contributed by atoms with Crippen molar-refractivity contribution >= 4 is 11.0 Å². The predicted octanol–water partition coefficient (Wildman–Crippen LogP) is 2.96. The molecule has 0 aliphatic carbocycles. The Morgan fingerprint density at radius 1 is 1.13 bits per heavy atom. The first kappa shape index (κ1) is 15.7. The van der Waals surface area contributed by atoms with Gasteiger partial charge in [0.15, 0.2) is 0 Å². The Kier molecular flexibility index (Phi) is 4.74. The Morgan fingerprint density at radius 3 is 2.52 bits per heavy atom. The van der Waals surface area contributed by atoms with Crippen LogP contribution in [0.4, 0.5) is 0 Å².